The zero-order chi connectivity index (χ0) is 14.9. The molecule has 0 fully saturated rings. The van der Waals surface area contributed by atoms with Crippen LogP contribution in [0.1, 0.15) is 124 Å². The number of hydrogen-bond donors (Lipinski definition) is 0. The Kier molecular flexibility index (Phi) is 17.1. The minimum Gasteiger partial charge on any atom is -0.0654 e. The van der Waals surface area contributed by atoms with Gasteiger partial charge in [0.1, 0.15) is 0 Å². The van der Waals surface area contributed by atoms with Crippen LogP contribution in [0.2, 0.25) is 0 Å². The van der Waals surface area contributed by atoms with Crippen molar-refractivity contribution in [1.29, 1.82) is 0 Å². The summed E-state index contributed by atoms with van der Waals surface area (Å²) in [4.78, 5) is 0. The van der Waals surface area contributed by atoms with Gasteiger partial charge in [-0.1, -0.05) is 124 Å². The highest BCUT2D eigenvalue weighted by molar-refractivity contribution is 4.52. The molecule has 0 radical (unpaired) electrons. The van der Waals surface area contributed by atoms with Gasteiger partial charge in [0.2, 0.25) is 0 Å². The molecule has 1 atom stereocenters. The lowest BCUT2D eigenvalue weighted by atomic mass is 9.99. The van der Waals surface area contributed by atoms with Gasteiger partial charge in [-0.3, -0.25) is 0 Å². The number of hydrogen-bond acceptors (Lipinski definition) is 0. The van der Waals surface area contributed by atoms with Gasteiger partial charge in [-0.25, -0.2) is 0 Å². The van der Waals surface area contributed by atoms with Crippen molar-refractivity contribution >= 4 is 0 Å². The van der Waals surface area contributed by atoms with Gasteiger partial charge in [-0.05, 0) is 5.92 Å². The maximum absolute atomic E-state index is 2.39. The Balaban J connectivity index is 2.96. The van der Waals surface area contributed by atoms with E-state index in [1.54, 1.807) is 0 Å². The van der Waals surface area contributed by atoms with Gasteiger partial charge in [0.15, 0.2) is 0 Å². The first-order chi connectivity index (χ1) is 9.81. The van der Waals surface area contributed by atoms with E-state index in [0.717, 1.165) is 5.92 Å². The Morgan fingerprint density at radius 1 is 0.500 bits per heavy atom. The van der Waals surface area contributed by atoms with Crippen molar-refractivity contribution in [2.24, 2.45) is 5.92 Å². The third-order valence-electron chi connectivity index (χ3n) is 4.75. The van der Waals surface area contributed by atoms with Crippen molar-refractivity contribution in [3.8, 4) is 0 Å². The topological polar surface area (TPSA) is 0 Å². The minimum atomic E-state index is 0.951. The van der Waals surface area contributed by atoms with Crippen molar-refractivity contribution in [3.63, 3.8) is 0 Å². The van der Waals surface area contributed by atoms with Crippen LogP contribution in [0.5, 0.6) is 0 Å². The fourth-order valence-corrected chi connectivity index (χ4v) is 2.89. The maximum atomic E-state index is 2.39. The molecule has 0 rings (SSSR count). The van der Waals surface area contributed by atoms with Crippen LogP contribution < -0.4 is 0 Å². The van der Waals surface area contributed by atoms with Crippen LogP contribution in [0.4, 0.5) is 0 Å². The SMILES string of the molecule is CCCCCCCCCCCCCCCCC(C)CC. The summed E-state index contributed by atoms with van der Waals surface area (Å²) in [5.74, 6) is 0.951. The summed E-state index contributed by atoms with van der Waals surface area (Å²) in [7, 11) is 0. The first-order valence-corrected chi connectivity index (χ1v) is 9.81. The van der Waals surface area contributed by atoms with E-state index in [2.05, 4.69) is 20.8 Å². The lowest BCUT2D eigenvalue weighted by molar-refractivity contribution is 0.468. The molecule has 0 aromatic heterocycles. The molecule has 0 saturated heterocycles. The molecule has 0 aromatic carbocycles. The standard InChI is InChI=1S/C20H42/c1-4-6-7-8-9-10-11-12-13-14-15-16-17-18-19-20(3)5-2/h20H,4-19H2,1-3H3. The van der Waals surface area contributed by atoms with Gasteiger partial charge in [-0.15, -0.1) is 0 Å². The molecular formula is C20H42. The molecule has 0 nitrogen and oxygen atoms in total. The van der Waals surface area contributed by atoms with Crippen LogP contribution in [0, 0.1) is 5.92 Å². The summed E-state index contributed by atoms with van der Waals surface area (Å²) in [5, 5.41) is 0. The van der Waals surface area contributed by atoms with E-state index in [9.17, 15) is 0 Å². The molecule has 0 spiro atoms. The quantitative estimate of drug-likeness (QED) is 0.252. The fraction of sp³-hybridized carbons (Fsp3) is 1.00. The van der Waals surface area contributed by atoms with E-state index in [4.69, 9.17) is 0 Å². The molecule has 0 aromatic rings. The molecule has 0 heterocycles. The largest absolute Gasteiger partial charge is 0.0654 e. The lowest BCUT2D eigenvalue weighted by Crippen LogP contribution is -1.91. The fourth-order valence-electron chi connectivity index (χ4n) is 2.89. The van der Waals surface area contributed by atoms with E-state index in [-0.39, 0.29) is 0 Å². The molecule has 0 N–H and O–H groups in total. The Hall–Kier alpha value is 0. The van der Waals surface area contributed by atoms with E-state index in [0.29, 0.717) is 0 Å². The van der Waals surface area contributed by atoms with E-state index >= 15 is 0 Å². The van der Waals surface area contributed by atoms with Crippen molar-refractivity contribution in [1.82, 2.24) is 0 Å². The summed E-state index contributed by atoms with van der Waals surface area (Å²) in [5.41, 5.74) is 0. The maximum Gasteiger partial charge on any atom is -0.0445 e. The molecule has 1 unspecified atom stereocenters. The number of unbranched alkanes of at least 4 members (excludes halogenated alkanes) is 13. The van der Waals surface area contributed by atoms with Crippen molar-refractivity contribution in [2.45, 2.75) is 124 Å². The first-order valence-electron chi connectivity index (χ1n) is 9.81. The minimum absolute atomic E-state index is 0.951. The highest BCUT2D eigenvalue weighted by Gasteiger charge is 1.98. The van der Waals surface area contributed by atoms with E-state index in [1.165, 1.54) is 103 Å². The van der Waals surface area contributed by atoms with Crippen LogP contribution in [0.15, 0.2) is 0 Å². The third-order valence-corrected chi connectivity index (χ3v) is 4.75. The Labute approximate surface area is 130 Å². The molecule has 122 valence electrons. The Bertz CT molecular complexity index is 161. The predicted molar refractivity (Wildman–Crippen MR) is 94.4 cm³/mol. The zero-order valence-corrected chi connectivity index (χ0v) is 14.9. The second kappa shape index (κ2) is 17.1. The zero-order valence-electron chi connectivity index (χ0n) is 14.9. The van der Waals surface area contributed by atoms with Gasteiger partial charge in [0.05, 0.1) is 0 Å². The average Bonchev–Trinajstić information content (AvgIpc) is 2.47. The molecular weight excluding hydrogens is 240 g/mol. The number of rotatable bonds is 16. The van der Waals surface area contributed by atoms with Crippen LogP contribution in [-0.4, -0.2) is 0 Å². The molecule has 0 aliphatic rings. The lowest BCUT2D eigenvalue weighted by Gasteiger charge is -2.07. The molecule has 0 aliphatic heterocycles. The summed E-state index contributed by atoms with van der Waals surface area (Å²) < 4.78 is 0. The Morgan fingerprint density at radius 2 is 0.850 bits per heavy atom. The first kappa shape index (κ1) is 20.0. The summed E-state index contributed by atoms with van der Waals surface area (Å²) in [6.45, 7) is 7.00. The highest BCUT2D eigenvalue weighted by atomic mass is 14.0. The van der Waals surface area contributed by atoms with E-state index < -0.39 is 0 Å². The second-order valence-corrected chi connectivity index (χ2v) is 6.90. The van der Waals surface area contributed by atoms with Gasteiger partial charge in [0, 0.05) is 0 Å². The Morgan fingerprint density at radius 3 is 1.20 bits per heavy atom. The molecule has 20 heavy (non-hydrogen) atoms. The molecule has 0 bridgehead atoms. The molecule has 0 heteroatoms. The summed E-state index contributed by atoms with van der Waals surface area (Å²) in [6.07, 6.45) is 23.4. The van der Waals surface area contributed by atoms with Crippen LogP contribution in [-0.2, 0) is 0 Å². The summed E-state index contributed by atoms with van der Waals surface area (Å²) >= 11 is 0. The van der Waals surface area contributed by atoms with Gasteiger partial charge < -0.3 is 0 Å². The molecule has 0 amide bonds. The monoisotopic (exact) mass is 282 g/mol. The molecule has 0 saturated carbocycles. The third kappa shape index (κ3) is 16.1. The van der Waals surface area contributed by atoms with Gasteiger partial charge in [0.25, 0.3) is 0 Å². The average molecular weight is 283 g/mol. The van der Waals surface area contributed by atoms with Gasteiger partial charge in [-0.2, -0.15) is 0 Å². The highest BCUT2D eigenvalue weighted by Crippen LogP contribution is 2.15. The van der Waals surface area contributed by atoms with Gasteiger partial charge >= 0.3 is 0 Å². The van der Waals surface area contributed by atoms with Crippen molar-refractivity contribution in [3.05, 3.63) is 0 Å². The van der Waals surface area contributed by atoms with E-state index in [1.807, 2.05) is 0 Å². The predicted octanol–water partition coefficient (Wildman–Crippen LogP) is 7.90. The summed E-state index contributed by atoms with van der Waals surface area (Å²) in [6, 6.07) is 0. The van der Waals surface area contributed by atoms with Crippen LogP contribution >= 0.6 is 0 Å². The second-order valence-electron chi connectivity index (χ2n) is 6.90. The van der Waals surface area contributed by atoms with Crippen molar-refractivity contribution in [2.75, 3.05) is 0 Å². The molecule has 0 aliphatic carbocycles. The van der Waals surface area contributed by atoms with Crippen LogP contribution in [0.25, 0.3) is 0 Å². The van der Waals surface area contributed by atoms with Crippen LogP contribution in [0.3, 0.4) is 0 Å². The van der Waals surface area contributed by atoms with Crippen molar-refractivity contribution < 1.29 is 0 Å². The smallest absolute Gasteiger partial charge is 0.0445 e. The normalized spacial score (nSPS) is 12.8.